The van der Waals surface area contributed by atoms with Gasteiger partial charge >= 0.3 is 0 Å². The normalized spacial score (nSPS) is 12.2. The van der Waals surface area contributed by atoms with E-state index in [1.54, 1.807) is 6.92 Å². The molecule has 5 nitrogen and oxygen atoms in total. The van der Waals surface area contributed by atoms with Crippen molar-refractivity contribution in [3.63, 3.8) is 0 Å². The van der Waals surface area contributed by atoms with E-state index in [0.29, 0.717) is 0 Å². The number of para-hydroxylation sites is 1. The highest BCUT2D eigenvalue weighted by atomic mass is 32.1. The topological polar surface area (TPSA) is 68.1 Å². The van der Waals surface area contributed by atoms with Gasteiger partial charge in [0.05, 0.1) is 21.7 Å². The third-order valence-electron chi connectivity index (χ3n) is 2.63. The van der Waals surface area contributed by atoms with Crippen LogP contribution in [0.3, 0.4) is 0 Å². The average molecular weight is 281 g/mol. The fourth-order valence-corrected chi connectivity index (χ4v) is 2.38. The van der Waals surface area contributed by atoms with Crippen LogP contribution < -0.4 is 5.32 Å². The Morgan fingerprint density at radius 1 is 1.53 bits per heavy atom. The summed E-state index contributed by atoms with van der Waals surface area (Å²) in [5.74, 6) is -0.645. The zero-order valence-electron chi connectivity index (χ0n) is 10.4. The van der Waals surface area contributed by atoms with Crippen LogP contribution in [0.5, 0.6) is 0 Å². The number of halogens is 1. The van der Waals surface area contributed by atoms with Crippen LogP contribution >= 0.6 is 11.3 Å². The summed E-state index contributed by atoms with van der Waals surface area (Å²) in [5, 5.41) is 16.4. The zero-order chi connectivity index (χ0) is 14.0. The maximum atomic E-state index is 13.7. The lowest BCUT2D eigenvalue weighted by atomic mass is 10.2. The van der Waals surface area contributed by atoms with Crippen molar-refractivity contribution in [2.75, 3.05) is 5.32 Å². The molecule has 1 heterocycles. The first-order valence-corrected chi connectivity index (χ1v) is 6.48. The standard InChI is InChI=1S/C12H12FN3O2S/c1-7(10-6-19-8(2)15-10)14-12-9(13)4-3-5-11(12)16(17)18/h3-7,14H,1-2H3. The van der Waals surface area contributed by atoms with Gasteiger partial charge in [-0.1, -0.05) is 6.07 Å². The number of rotatable bonds is 4. The van der Waals surface area contributed by atoms with Crippen molar-refractivity contribution in [1.29, 1.82) is 0 Å². The first-order chi connectivity index (χ1) is 8.99. The molecule has 1 atom stereocenters. The molecule has 0 aliphatic heterocycles. The van der Waals surface area contributed by atoms with E-state index in [1.165, 1.54) is 29.5 Å². The minimum atomic E-state index is -0.645. The lowest BCUT2D eigenvalue weighted by molar-refractivity contribution is -0.384. The molecule has 0 saturated heterocycles. The maximum Gasteiger partial charge on any atom is 0.295 e. The Bertz CT molecular complexity index is 615. The lowest BCUT2D eigenvalue weighted by Gasteiger charge is -2.13. The van der Waals surface area contributed by atoms with Gasteiger partial charge in [-0.2, -0.15) is 0 Å². The first-order valence-electron chi connectivity index (χ1n) is 5.60. The molecule has 2 aromatic rings. The fraction of sp³-hybridized carbons (Fsp3) is 0.250. The molecule has 19 heavy (non-hydrogen) atoms. The number of benzene rings is 1. The van der Waals surface area contributed by atoms with Crippen LogP contribution in [-0.4, -0.2) is 9.91 Å². The molecule has 0 spiro atoms. The number of aryl methyl sites for hydroxylation is 1. The Hall–Kier alpha value is -2.02. The quantitative estimate of drug-likeness (QED) is 0.685. The van der Waals surface area contributed by atoms with Crippen molar-refractivity contribution < 1.29 is 9.31 Å². The monoisotopic (exact) mass is 281 g/mol. The predicted octanol–water partition coefficient (Wildman–Crippen LogP) is 3.67. The molecule has 0 saturated carbocycles. The van der Waals surface area contributed by atoms with Gasteiger partial charge in [0.25, 0.3) is 5.69 Å². The number of anilines is 1. The molecule has 1 N–H and O–H groups in total. The van der Waals surface area contributed by atoms with Crippen molar-refractivity contribution in [2.45, 2.75) is 19.9 Å². The summed E-state index contributed by atoms with van der Waals surface area (Å²) < 4.78 is 13.7. The molecule has 1 unspecified atom stereocenters. The molecule has 0 fully saturated rings. The van der Waals surface area contributed by atoms with Gasteiger partial charge in [-0.15, -0.1) is 11.3 Å². The summed E-state index contributed by atoms with van der Waals surface area (Å²) in [6.07, 6.45) is 0. The van der Waals surface area contributed by atoms with Gasteiger partial charge in [-0.05, 0) is 19.9 Å². The van der Waals surface area contributed by atoms with E-state index < -0.39 is 10.7 Å². The molecule has 2 rings (SSSR count). The van der Waals surface area contributed by atoms with Gasteiger partial charge in [-0.3, -0.25) is 10.1 Å². The Morgan fingerprint density at radius 3 is 2.84 bits per heavy atom. The molecule has 0 amide bonds. The van der Waals surface area contributed by atoms with Gasteiger partial charge in [0.1, 0.15) is 5.69 Å². The van der Waals surface area contributed by atoms with Crippen molar-refractivity contribution in [3.05, 3.63) is 50.2 Å². The Kier molecular flexibility index (Phi) is 3.75. The van der Waals surface area contributed by atoms with Gasteiger partial charge in [-0.25, -0.2) is 9.37 Å². The van der Waals surface area contributed by atoms with Crippen LogP contribution in [0.2, 0.25) is 0 Å². The number of nitrogens with one attached hydrogen (secondary N) is 1. The SMILES string of the molecule is Cc1nc(C(C)Nc2c(F)cccc2[N+](=O)[O-])cs1. The minimum Gasteiger partial charge on any atom is -0.369 e. The number of nitro groups is 1. The Labute approximate surface area is 113 Å². The van der Waals surface area contributed by atoms with E-state index in [1.807, 2.05) is 12.3 Å². The van der Waals surface area contributed by atoms with E-state index in [2.05, 4.69) is 10.3 Å². The van der Waals surface area contributed by atoms with Crippen LogP contribution in [0.4, 0.5) is 15.8 Å². The second-order valence-electron chi connectivity index (χ2n) is 4.05. The molecular formula is C12H12FN3O2S. The third-order valence-corrected chi connectivity index (χ3v) is 3.42. The van der Waals surface area contributed by atoms with Crippen molar-refractivity contribution in [3.8, 4) is 0 Å². The van der Waals surface area contributed by atoms with Gasteiger partial charge < -0.3 is 5.32 Å². The summed E-state index contributed by atoms with van der Waals surface area (Å²) >= 11 is 1.48. The summed E-state index contributed by atoms with van der Waals surface area (Å²) in [5.41, 5.74) is 0.351. The van der Waals surface area contributed by atoms with E-state index in [9.17, 15) is 14.5 Å². The summed E-state index contributed by atoms with van der Waals surface area (Å²) in [4.78, 5) is 14.5. The Morgan fingerprint density at radius 2 is 2.26 bits per heavy atom. The highest BCUT2D eigenvalue weighted by Gasteiger charge is 2.20. The Balaban J connectivity index is 2.30. The first kappa shape index (κ1) is 13.4. The molecule has 0 aliphatic rings. The van der Waals surface area contributed by atoms with Crippen LogP contribution in [0.15, 0.2) is 23.6 Å². The lowest BCUT2D eigenvalue weighted by Crippen LogP contribution is -2.10. The number of hydrogen-bond donors (Lipinski definition) is 1. The van der Waals surface area contributed by atoms with Crippen LogP contribution in [0.25, 0.3) is 0 Å². The molecule has 1 aromatic heterocycles. The molecule has 100 valence electrons. The minimum absolute atomic E-state index is 0.106. The van der Waals surface area contributed by atoms with Gasteiger partial charge in [0, 0.05) is 11.4 Å². The van der Waals surface area contributed by atoms with E-state index >= 15 is 0 Å². The van der Waals surface area contributed by atoms with Crippen LogP contribution in [-0.2, 0) is 0 Å². The largest absolute Gasteiger partial charge is 0.369 e. The third kappa shape index (κ3) is 2.87. The zero-order valence-corrected chi connectivity index (χ0v) is 11.2. The molecule has 1 aromatic carbocycles. The van der Waals surface area contributed by atoms with Crippen molar-refractivity contribution in [2.24, 2.45) is 0 Å². The highest BCUT2D eigenvalue weighted by Crippen LogP contribution is 2.30. The van der Waals surface area contributed by atoms with E-state index in [0.717, 1.165) is 10.7 Å². The van der Waals surface area contributed by atoms with Crippen molar-refractivity contribution >= 4 is 22.7 Å². The van der Waals surface area contributed by atoms with E-state index in [-0.39, 0.29) is 17.4 Å². The molecular weight excluding hydrogens is 269 g/mol. The van der Waals surface area contributed by atoms with Crippen LogP contribution in [0.1, 0.15) is 23.7 Å². The maximum absolute atomic E-state index is 13.7. The van der Waals surface area contributed by atoms with Crippen molar-refractivity contribution in [1.82, 2.24) is 4.98 Å². The number of hydrogen-bond acceptors (Lipinski definition) is 5. The fourth-order valence-electron chi connectivity index (χ4n) is 1.68. The van der Waals surface area contributed by atoms with Crippen LogP contribution in [0, 0.1) is 22.9 Å². The highest BCUT2D eigenvalue weighted by molar-refractivity contribution is 7.09. The molecule has 7 heteroatoms. The average Bonchev–Trinajstić information content (AvgIpc) is 2.78. The number of thiazole rings is 1. The number of aromatic nitrogens is 1. The summed E-state index contributed by atoms with van der Waals surface area (Å²) in [7, 11) is 0. The number of nitrogens with zero attached hydrogens (tertiary/aromatic N) is 2. The predicted molar refractivity (Wildman–Crippen MR) is 71.9 cm³/mol. The van der Waals surface area contributed by atoms with Gasteiger partial charge in [0.15, 0.2) is 5.82 Å². The number of nitro benzene ring substituents is 1. The smallest absolute Gasteiger partial charge is 0.295 e. The second-order valence-corrected chi connectivity index (χ2v) is 5.11. The van der Waals surface area contributed by atoms with Gasteiger partial charge in [0.2, 0.25) is 0 Å². The summed E-state index contributed by atoms with van der Waals surface area (Å²) in [6.45, 7) is 3.65. The molecule has 0 aliphatic carbocycles. The summed E-state index contributed by atoms with van der Waals surface area (Å²) in [6, 6.07) is 3.47. The molecule has 0 bridgehead atoms. The van der Waals surface area contributed by atoms with E-state index in [4.69, 9.17) is 0 Å². The second kappa shape index (κ2) is 5.31. The molecule has 0 radical (unpaired) electrons.